The number of carbonyl (C=O) groups is 2. The molecule has 0 saturated carbocycles. The smallest absolute Gasteiger partial charge is 0.328 e. The van der Waals surface area contributed by atoms with Gasteiger partial charge < -0.3 is 19.2 Å². The summed E-state index contributed by atoms with van der Waals surface area (Å²) >= 11 is 11.9. The van der Waals surface area contributed by atoms with Crippen LogP contribution in [0.4, 0.5) is 0 Å². The van der Waals surface area contributed by atoms with Crippen molar-refractivity contribution in [3.05, 3.63) is 124 Å². The average Bonchev–Trinajstić information content (AvgIpc) is 3.41. The number of aromatic nitrogens is 2. The molecule has 9 heteroatoms. The third-order valence-electron chi connectivity index (χ3n) is 6.34. The van der Waals surface area contributed by atoms with Gasteiger partial charge in [0, 0.05) is 28.9 Å². The van der Waals surface area contributed by atoms with Gasteiger partial charge in [-0.15, -0.1) is 0 Å². The number of pyridine rings is 1. The maximum Gasteiger partial charge on any atom is 0.328 e. The van der Waals surface area contributed by atoms with Gasteiger partial charge in [-0.3, -0.25) is 4.79 Å². The predicted molar refractivity (Wildman–Crippen MR) is 155 cm³/mol. The second-order valence-electron chi connectivity index (χ2n) is 9.13. The molecule has 0 spiro atoms. The Labute approximate surface area is 241 Å². The molecule has 0 saturated heterocycles. The van der Waals surface area contributed by atoms with Crippen LogP contribution < -0.4 is 10.1 Å². The van der Waals surface area contributed by atoms with E-state index in [1.165, 1.54) is 7.11 Å². The number of amides is 1. The monoisotopic (exact) mass is 573 g/mol. The van der Waals surface area contributed by atoms with Crippen molar-refractivity contribution >= 4 is 40.7 Å². The van der Waals surface area contributed by atoms with Crippen molar-refractivity contribution in [1.82, 2.24) is 14.7 Å². The summed E-state index contributed by atoms with van der Waals surface area (Å²) in [5.74, 6) is -0.347. The van der Waals surface area contributed by atoms with Gasteiger partial charge in [0.25, 0.3) is 5.91 Å². The molecule has 0 aliphatic carbocycles. The molecule has 0 bridgehead atoms. The lowest BCUT2D eigenvalue weighted by Gasteiger charge is -2.16. The number of nitrogens with zero attached hydrogens (tertiary/aromatic N) is 2. The van der Waals surface area contributed by atoms with Gasteiger partial charge in [-0.2, -0.15) is 0 Å². The summed E-state index contributed by atoms with van der Waals surface area (Å²) < 4.78 is 12.5. The molecule has 40 heavy (non-hydrogen) atoms. The summed E-state index contributed by atoms with van der Waals surface area (Å²) in [7, 11) is 1.29. The van der Waals surface area contributed by atoms with Crippen LogP contribution in [-0.2, 0) is 22.6 Å². The number of esters is 1. The van der Waals surface area contributed by atoms with Crippen LogP contribution in [0, 0.1) is 0 Å². The maximum absolute atomic E-state index is 13.1. The Morgan fingerprint density at radius 2 is 1.52 bits per heavy atom. The Balaban J connectivity index is 1.25. The summed E-state index contributed by atoms with van der Waals surface area (Å²) in [4.78, 5) is 30.1. The number of hydrogen-bond donors (Lipinski definition) is 1. The molecule has 0 aliphatic heterocycles. The Morgan fingerprint density at radius 3 is 2.20 bits per heavy atom. The zero-order valence-electron chi connectivity index (χ0n) is 21.5. The van der Waals surface area contributed by atoms with Crippen molar-refractivity contribution < 1.29 is 19.1 Å². The molecule has 202 valence electrons. The third kappa shape index (κ3) is 6.62. The first kappa shape index (κ1) is 27.2. The molecule has 0 radical (unpaired) electrons. The van der Waals surface area contributed by atoms with E-state index < -0.39 is 17.9 Å². The lowest BCUT2D eigenvalue weighted by molar-refractivity contribution is -0.142. The fourth-order valence-corrected chi connectivity index (χ4v) is 4.44. The lowest BCUT2D eigenvalue weighted by Crippen LogP contribution is -2.43. The van der Waals surface area contributed by atoms with Crippen molar-refractivity contribution in [3.63, 3.8) is 0 Å². The second kappa shape index (κ2) is 12.2. The van der Waals surface area contributed by atoms with Gasteiger partial charge >= 0.3 is 5.97 Å². The number of hydrogen-bond acceptors (Lipinski definition) is 5. The Kier molecular flexibility index (Phi) is 8.34. The topological polar surface area (TPSA) is 81.9 Å². The van der Waals surface area contributed by atoms with E-state index in [9.17, 15) is 9.59 Å². The summed E-state index contributed by atoms with van der Waals surface area (Å²) in [5.41, 5.74) is 4.53. The van der Waals surface area contributed by atoms with E-state index in [-0.39, 0.29) is 12.1 Å². The predicted octanol–water partition coefficient (Wildman–Crippen LogP) is 6.40. The van der Waals surface area contributed by atoms with E-state index >= 15 is 0 Å². The molecule has 1 amide bonds. The Bertz CT molecular complexity index is 1630. The molecule has 2 aromatic heterocycles. The minimum absolute atomic E-state index is 0.188. The fraction of sp³-hybridized carbons (Fsp3) is 0.129. The van der Waals surface area contributed by atoms with Crippen LogP contribution in [-0.4, -0.2) is 34.4 Å². The highest BCUT2D eigenvalue weighted by atomic mass is 35.5. The van der Waals surface area contributed by atoms with Crippen LogP contribution in [0.3, 0.4) is 0 Å². The molecular weight excluding hydrogens is 549 g/mol. The van der Waals surface area contributed by atoms with Gasteiger partial charge in [0.05, 0.1) is 7.11 Å². The Morgan fingerprint density at radius 1 is 0.875 bits per heavy atom. The van der Waals surface area contributed by atoms with Gasteiger partial charge in [0.15, 0.2) is 0 Å². The minimum Gasteiger partial charge on any atom is -0.489 e. The molecule has 1 atom stereocenters. The zero-order valence-corrected chi connectivity index (χ0v) is 23.0. The molecule has 0 aliphatic rings. The largest absolute Gasteiger partial charge is 0.489 e. The summed E-state index contributed by atoms with van der Waals surface area (Å²) in [6.45, 7) is 0.400. The molecule has 1 N–H and O–H groups in total. The number of ether oxygens (including phenoxy) is 2. The number of carbonyl (C=O) groups excluding carboxylic acids is 2. The number of methoxy groups -OCH3 is 1. The number of rotatable bonds is 9. The highest BCUT2D eigenvalue weighted by molar-refractivity contribution is 6.30. The average molecular weight is 574 g/mol. The van der Waals surface area contributed by atoms with Crippen LogP contribution in [0.5, 0.6) is 5.75 Å². The van der Waals surface area contributed by atoms with Crippen LogP contribution >= 0.6 is 23.2 Å². The maximum atomic E-state index is 13.1. The summed E-state index contributed by atoms with van der Waals surface area (Å²) in [6, 6.07) is 25.2. The van der Waals surface area contributed by atoms with E-state index in [1.54, 1.807) is 10.6 Å². The lowest BCUT2D eigenvalue weighted by atomic mass is 10.1. The van der Waals surface area contributed by atoms with Gasteiger partial charge in [-0.25, -0.2) is 9.78 Å². The van der Waals surface area contributed by atoms with E-state index in [2.05, 4.69) is 10.3 Å². The minimum atomic E-state index is -0.896. The molecule has 1 unspecified atom stereocenters. The normalized spacial score (nSPS) is 11.7. The van der Waals surface area contributed by atoms with Gasteiger partial charge in [-0.05, 0) is 70.8 Å². The van der Waals surface area contributed by atoms with Crippen LogP contribution in [0.25, 0.3) is 16.8 Å². The molecular formula is C31H25Cl2N3O4. The first-order chi connectivity index (χ1) is 19.4. The molecule has 0 fully saturated rings. The number of halogens is 2. The standard InChI is InChI=1S/C31H25Cl2N3O4/c1-39-31(38)27(16-20-4-12-26(13-5-20)40-19-21-2-8-24(32)9-3-21)35-30(37)28-18-36-15-14-23(17-29(36)34-28)22-6-10-25(33)11-7-22/h2-15,17-18,27H,16,19H2,1H3,(H,35,37). The van der Waals surface area contributed by atoms with Crippen LogP contribution in [0.2, 0.25) is 10.0 Å². The highest BCUT2D eigenvalue weighted by Gasteiger charge is 2.24. The summed E-state index contributed by atoms with van der Waals surface area (Å²) in [5, 5.41) is 4.09. The second-order valence-corrected chi connectivity index (χ2v) is 10.00. The van der Waals surface area contributed by atoms with Crippen molar-refractivity contribution in [2.75, 3.05) is 7.11 Å². The van der Waals surface area contributed by atoms with E-state index in [4.69, 9.17) is 32.7 Å². The van der Waals surface area contributed by atoms with Crippen LogP contribution in [0.15, 0.2) is 97.3 Å². The van der Waals surface area contributed by atoms with Gasteiger partial charge in [-0.1, -0.05) is 59.6 Å². The number of nitrogens with one attached hydrogen (secondary N) is 1. The van der Waals surface area contributed by atoms with Crippen LogP contribution in [0.1, 0.15) is 21.6 Å². The zero-order chi connectivity index (χ0) is 28.1. The molecule has 5 aromatic rings. The Hall–Kier alpha value is -4.33. The van der Waals surface area contributed by atoms with Crippen molar-refractivity contribution in [1.29, 1.82) is 0 Å². The quantitative estimate of drug-likeness (QED) is 0.206. The number of fused-ring (bicyclic) bond motifs is 1. The fourth-order valence-electron chi connectivity index (χ4n) is 4.19. The van der Waals surface area contributed by atoms with Crippen molar-refractivity contribution in [2.24, 2.45) is 0 Å². The number of benzene rings is 3. The molecule has 3 aromatic carbocycles. The van der Waals surface area contributed by atoms with E-state index in [0.717, 1.165) is 22.3 Å². The molecule has 2 heterocycles. The third-order valence-corrected chi connectivity index (χ3v) is 6.85. The highest BCUT2D eigenvalue weighted by Crippen LogP contribution is 2.23. The van der Waals surface area contributed by atoms with Gasteiger partial charge in [0.2, 0.25) is 0 Å². The summed E-state index contributed by atoms with van der Waals surface area (Å²) in [6.07, 6.45) is 3.69. The van der Waals surface area contributed by atoms with Crippen molar-refractivity contribution in [2.45, 2.75) is 19.1 Å². The van der Waals surface area contributed by atoms with E-state index in [0.29, 0.717) is 28.0 Å². The van der Waals surface area contributed by atoms with E-state index in [1.807, 2.05) is 91.1 Å². The first-order valence-corrected chi connectivity index (χ1v) is 13.2. The SMILES string of the molecule is COC(=O)C(Cc1ccc(OCc2ccc(Cl)cc2)cc1)NC(=O)c1cn2ccc(-c3ccc(Cl)cc3)cc2n1. The first-order valence-electron chi connectivity index (χ1n) is 12.5. The molecule has 5 rings (SSSR count). The van der Waals surface area contributed by atoms with Crippen molar-refractivity contribution in [3.8, 4) is 16.9 Å². The number of imidazole rings is 1. The molecule has 7 nitrogen and oxygen atoms in total. The van der Waals surface area contributed by atoms with Gasteiger partial charge in [0.1, 0.15) is 29.7 Å².